The standard InChI is InChI=1S/C16H12N2/c1-11-7-8-13-14(10-17)16(18-15(13)9-11)12-5-3-2-4-6-12/h2-9,18H,1H3. The van der Waals surface area contributed by atoms with Gasteiger partial charge in [-0.2, -0.15) is 5.26 Å². The minimum absolute atomic E-state index is 0.719. The molecule has 3 rings (SSSR count). The molecule has 0 bridgehead atoms. The summed E-state index contributed by atoms with van der Waals surface area (Å²) in [5, 5.41) is 10.4. The van der Waals surface area contributed by atoms with Crippen LogP contribution >= 0.6 is 0 Å². The number of hydrogen-bond acceptors (Lipinski definition) is 1. The van der Waals surface area contributed by atoms with Gasteiger partial charge in [-0.3, -0.25) is 0 Å². The van der Waals surface area contributed by atoms with Crippen LogP contribution < -0.4 is 0 Å². The molecule has 0 saturated heterocycles. The maximum absolute atomic E-state index is 9.37. The molecule has 0 saturated carbocycles. The van der Waals surface area contributed by atoms with Crippen LogP contribution in [0.2, 0.25) is 0 Å². The number of aryl methyl sites for hydroxylation is 1. The summed E-state index contributed by atoms with van der Waals surface area (Å²) in [4.78, 5) is 3.35. The first-order chi connectivity index (χ1) is 8.79. The maximum Gasteiger partial charge on any atom is 0.102 e. The van der Waals surface area contributed by atoms with E-state index in [2.05, 4.69) is 24.0 Å². The Morgan fingerprint density at radius 1 is 1.06 bits per heavy atom. The van der Waals surface area contributed by atoms with Crippen LogP contribution in [0.15, 0.2) is 48.5 Å². The Morgan fingerprint density at radius 3 is 2.56 bits per heavy atom. The lowest BCUT2D eigenvalue weighted by atomic mass is 10.1. The summed E-state index contributed by atoms with van der Waals surface area (Å²) >= 11 is 0. The average molecular weight is 232 g/mol. The Morgan fingerprint density at radius 2 is 1.83 bits per heavy atom. The zero-order valence-corrected chi connectivity index (χ0v) is 10.1. The highest BCUT2D eigenvalue weighted by Crippen LogP contribution is 2.29. The highest BCUT2D eigenvalue weighted by atomic mass is 14.7. The summed E-state index contributed by atoms with van der Waals surface area (Å²) < 4.78 is 0. The van der Waals surface area contributed by atoms with Crippen molar-refractivity contribution in [3.05, 3.63) is 59.7 Å². The number of H-pyrrole nitrogens is 1. The van der Waals surface area contributed by atoms with Crippen LogP contribution in [0.3, 0.4) is 0 Å². The van der Waals surface area contributed by atoms with Gasteiger partial charge in [-0.25, -0.2) is 0 Å². The summed E-state index contributed by atoms with van der Waals surface area (Å²) in [7, 11) is 0. The van der Waals surface area contributed by atoms with E-state index in [-0.39, 0.29) is 0 Å². The van der Waals surface area contributed by atoms with Crippen LogP contribution in [0.4, 0.5) is 0 Å². The van der Waals surface area contributed by atoms with Crippen LogP contribution in [-0.2, 0) is 0 Å². The number of nitriles is 1. The minimum Gasteiger partial charge on any atom is -0.353 e. The number of benzene rings is 2. The second kappa shape index (κ2) is 4.05. The average Bonchev–Trinajstić information content (AvgIpc) is 2.77. The second-order valence-corrected chi connectivity index (χ2v) is 4.40. The SMILES string of the molecule is Cc1ccc2c(C#N)c(-c3ccccc3)[nH]c2c1. The summed E-state index contributed by atoms with van der Waals surface area (Å²) in [5.41, 5.74) is 4.87. The highest BCUT2D eigenvalue weighted by Gasteiger charge is 2.12. The maximum atomic E-state index is 9.37. The Kier molecular flexibility index (Phi) is 2.39. The van der Waals surface area contributed by atoms with E-state index in [1.54, 1.807) is 0 Å². The lowest BCUT2D eigenvalue weighted by Gasteiger charge is -1.97. The van der Waals surface area contributed by atoms with E-state index in [1.165, 1.54) is 5.56 Å². The first-order valence-corrected chi connectivity index (χ1v) is 5.87. The van der Waals surface area contributed by atoms with Crippen molar-refractivity contribution in [1.29, 1.82) is 5.26 Å². The van der Waals surface area contributed by atoms with E-state index in [9.17, 15) is 5.26 Å². The molecule has 2 heteroatoms. The predicted octanol–water partition coefficient (Wildman–Crippen LogP) is 4.02. The van der Waals surface area contributed by atoms with Gasteiger partial charge in [0.1, 0.15) is 6.07 Å². The van der Waals surface area contributed by atoms with E-state index in [0.717, 1.165) is 27.7 Å². The number of nitrogens with one attached hydrogen (secondary N) is 1. The van der Waals surface area contributed by atoms with Crippen molar-refractivity contribution < 1.29 is 0 Å². The van der Waals surface area contributed by atoms with Gasteiger partial charge < -0.3 is 4.98 Å². The molecule has 1 N–H and O–H groups in total. The van der Waals surface area contributed by atoms with Gasteiger partial charge in [-0.05, 0) is 24.1 Å². The topological polar surface area (TPSA) is 39.6 Å². The molecule has 1 heterocycles. The summed E-state index contributed by atoms with van der Waals surface area (Å²) in [6.07, 6.45) is 0. The first-order valence-electron chi connectivity index (χ1n) is 5.87. The molecule has 0 aliphatic rings. The summed E-state index contributed by atoms with van der Waals surface area (Å²) in [6, 6.07) is 18.4. The minimum atomic E-state index is 0.719. The van der Waals surface area contributed by atoms with Crippen LogP contribution in [0.1, 0.15) is 11.1 Å². The van der Waals surface area contributed by atoms with Gasteiger partial charge in [0.25, 0.3) is 0 Å². The molecule has 3 aromatic rings. The lowest BCUT2D eigenvalue weighted by molar-refractivity contribution is 1.42. The fourth-order valence-corrected chi connectivity index (χ4v) is 2.25. The molecule has 86 valence electrons. The van der Waals surface area contributed by atoms with E-state index in [0.29, 0.717) is 0 Å². The van der Waals surface area contributed by atoms with Gasteiger partial charge in [-0.15, -0.1) is 0 Å². The second-order valence-electron chi connectivity index (χ2n) is 4.40. The first kappa shape index (κ1) is 10.6. The lowest BCUT2D eigenvalue weighted by Crippen LogP contribution is -1.80. The fourth-order valence-electron chi connectivity index (χ4n) is 2.25. The molecule has 0 atom stereocenters. The Hall–Kier alpha value is -2.53. The monoisotopic (exact) mass is 232 g/mol. The van der Waals surface area contributed by atoms with Crippen molar-refractivity contribution in [2.24, 2.45) is 0 Å². The van der Waals surface area contributed by atoms with Crippen molar-refractivity contribution in [2.45, 2.75) is 6.92 Å². The molecule has 18 heavy (non-hydrogen) atoms. The number of fused-ring (bicyclic) bond motifs is 1. The zero-order chi connectivity index (χ0) is 12.5. The summed E-state index contributed by atoms with van der Waals surface area (Å²) in [5.74, 6) is 0. The third-order valence-corrected chi connectivity index (χ3v) is 3.13. The van der Waals surface area contributed by atoms with Gasteiger partial charge in [0.2, 0.25) is 0 Å². The molecule has 0 spiro atoms. The van der Waals surface area contributed by atoms with Crippen molar-refractivity contribution in [2.75, 3.05) is 0 Å². The quantitative estimate of drug-likeness (QED) is 0.676. The zero-order valence-electron chi connectivity index (χ0n) is 10.1. The van der Waals surface area contributed by atoms with Crippen molar-refractivity contribution in [1.82, 2.24) is 4.98 Å². The molecule has 0 amide bonds. The number of aromatic nitrogens is 1. The largest absolute Gasteiger partial charge is 0.353 e. The van der Waals surface area contributed by atoms with Crippen LogP contribution in [-0.4, -0.2) is 4.98 Å². The third kappa shape index (κ3) is 1.57. The Balaban J connectivity index is 2.34. The van der Waals surface area contributed by atoms with E-state index in [4.69, 9.17) is 0 Å². The summed E-state index contributed by atoms with van der Waals surface area (Å²) in [6.45, 7) is 2.05. The fraction of sp³-hybridized carbons (Fsp3) is 0.0625. The van der Waals surface area contributed by atoms with Crippen LogP contribution in [0.5, 0.6) is 0 Å². The molecule has 1 aromatic heterocycles. The van der Waals surface area contributed by atoms with Gasteiger partial charge in [-0.1, -0.05) is 42.5 Å². The molecular weight excluding hydrogens is 220 g/mol. The Labute approximate surface area is 106 Å². The number of aromatic amines is 1. The van der Waals surface area contributed by atoms with E-state index in [1.807, 2.05) is 42.5 Å². The van der Waals surface area contributed by atoms with Crippen molar-refractivity contribution >= 4 is 10.9 Å². The van der Waals surface area contributed by atoms with Crippen molar-refractivity contribution in [3.63, 3.8) is 0 Å². The number of hydrogen-bond donors (Lipinski definition) is 1. The highest BCUT2D eigenvalue weighted by molar-refractivity contribution is 5.93. The van der Waals surface area contributed by atoms with Crippen molar-refractivity contribution in [3.8, 4) is 17.3 Å². The van der Waals surface area contributed by atoms with Gasteiger partial charge in [0.15, 0.2) is 0 Å². The van der Waals surface area contributed by atoms with Gasteiger partial charge in [0, 0.05) is 10.9 Å². The smallest absolute Gasteiger partial charge is 0.102 e. The molecule has 0 aliphatic carbocycles. The van der Waals surface area contributed by atoms with E-state index >= 15 is 0 Å². The third-order valence-electron chi connectivity index (χ3n) is 3.13. The number of nitrogens with zero attached hydrogens (tertiary/aromatic N) is 1. The molecule has 0 unspecified atom stereocenters. The number of rotatable bonds is 1. The molecule has 2 nitrogen and oxygen atoms in total. The predicted molar refractivity (Wildman–Crippen MR) is 73.2 cm³/mol. The molecule has 2 aromatic carbocycles. The van der Waals surface area contributed by atoms with Crippen LogP contribution in [0.25, 0.3) is 22.2 Å². The van der Waals surface area contributed by atoms with Gasteiger partial charge in [0.05, 0.1) is 11.3 Å². The van der Waals surface area contributed by atoms with Gasteiger partial charge >= 0.3 is 0 Å². The van der Waals surface area contributed by atoms with E-state index < -0.39 is 0 Å². The molecule has 0 radical (unpaired) electrons. The Bertz CT molecular complexity index is 746. The molecule has 0 fully saturated rings. The normalized spacial score (nSPS) is 10.4. The van der Waals surface area contributed by atoms with Crippen LogP contribution in [0, 0.1) is 18.3 Å². The molecular formula is C16H12N2. The molecule has 0 aliphatic heterocycles.